The molecule has 1 aromatic carbocycles. The summed E-state index contributed by atoms with van der Waals surface area (Å²) in [7, 11) is 0. The van der Waals surface area contributed by atoms with Crippen molar-refractivity contribution in [3.8, 4) is 0 Å². The fraction of sp³-hybridized carbons (Fsp3) is 0.385. The molecule has 0 saturated heterocycles. The highest BCUT2D eigenvalue weighted by atomic mass is 19.2. The average Bonchev–Trinajstić information content (AvgIpc) is 2.20. The number of carboxylic acids is 1. The SMILES string of the molecule is CC(C)(CC(=O)O)CC(=O)Nc1ccc(F)c(F)c1. The standard InChI is InChI=1S/C13H15F2NO3/c1-13(2,7-12(18)19)6-11(17)16-8-3-4-9(14)10(15)5-8/h3-5H,6-7H2,1-2H3,(H,16,17)(H,18,19). The van der Waals surface area contributed by atoms with Crippen molar-refractivity contribution < 1.29 is 23.5 Å². The molecule has 104 valence electrons. The van der Waals surface area contributed by atoms with E-state index in [4.69, 9.17) is 5.11 Å². The molecule has 2 N–H and O–H groups in total. The average molecular weight is 271 g/mol. The van der Waals surface area contributed by atoms with E-state index in [-0.39, 0.29) is 18.5 Å². The normalized spacial score (nSPS) is 11.2. The highest BCUT2D eigenvalue weighted by molar-refractivity contribution is 5.91. The Labute approximate surface area is 109 Å². The molecule has 0 spiro atoms. The van der Waals surface area contributed by atoms with Crippen LogP contribution in [0.5, 0.6) is 0 Å². The van der Waals surface area contributed by atoms with Crippen molar-refractivity contribution in [3.63, 3.8) is 0 Å². The van der Waals surface area contributed by atoms with E-state index < -0.39 is 28.9 Å². The minimum absolute atomic E-state index is 0.0295. The molecule has 4 nitrogen and oxygen atoms in total. The Hall–Kier alpha value is -1.98. The van der Waals surface area contributed by atoms with Gasteiger partial charge in [-0.25, -0.2) is 8.78 Å². The number of rotatable bonds is 5. The first-order valence-corrected chi connectivity index (χ1v) is 5.66. The van der Waals surface area contributed by atoms with Gasteiger partial charge in [-0.1, -0.05) is 13.8 Å². The van der Waals surface area contributed by atoms with Crippen LogP contribution in [-0.2, 0) is 9.59 Å². The molecule has 1 aromatic rings. The number of hydrogen-bond acceptors (Lipinski definition) is 2. The molecule has 0 atom stereocenters. The van der Waals surface area contributed by atoms with Crippen molar-refractivity contribution in [2.24, 2.45) is 5.41 Å². The summed E-state index contributed by atoms with van der Waals surface area (Å²) in [5.74, 6) is -3.49. The second kappa shape index (κ2) is 5.77. The van der Waals surface area contributed by atoms with E-state index in [9.17, 15) is 18.4 Å². The number of benzene rings is 1. The molecule has 0 aromatic heterocycles. The van der Waals surface area contributed by atoms with Crippen molar-refractivity contribution in [3.05, 3.63) is 29.8 Å². The molecule has 0 fully saturated rings. The van der Waals surface area contributed by atoms with Crippen molar-refractivity contribution in [2.75, 3.05) is 5.32 Å². The van der Waals surface area contributed by atoms with Crippen LogP contribution in [0.15, 0.2) is 18.2 Å². The van der Waals surface area contributed by atoms with Gasteiger partial charge in [0, 0.05) is 18.2 Å². The second-order valence-electron chi connectivity index (χ2n) is 5.09. The summed E-state index contributed by atoms with van der Waals surface area (Å²) in [5, 5.41) is 11.1. The van der Waals surface area contributed by atoms with Crippen molar-refractivity contribution in [1.82, 2.24) is 0 Å². The number of carbonyl (C=O) groups excluding carboxylic acids is 1. The topological polar surface area (TPSA) is 66.4 Å². The van der Waals surface area contributed by atoms with Crippen molar-refractivity contribution in [2.45, 2.75) is 26.7 Å². The van der Waals surface area contributed by atoms with Gasteiger partial charge >= 0.3 is 5.97 Å². The van der Waals surface area contributed by atoms with Crippen LogP contribution in [0.1, 0.15) is 26.7 Å². The van der Waals surface area contributed by atoms with Crippen LogP contribution in [0.4, 0.5) is 14.5 Å². The summed E-state index contributed by atoms with van der Waals surface area (Å²) in [6.45, 7) is 3.29. The molecular weight excluding hydrogens is 256 g/mol. The van der Waals surface area contributed by atoms with Gasteiger partial charge < -0.3 is 10.4 Å². The smallest absolute Gasteiger partial charge is 0.303 e. The Morgan fingerprint density at radius 1 is 1.21 bits per heavy atom. The van der Waals surface area contributed by atoms with E-state index in [1.54, 1.807) is 13.8 Å². The zero-order valence-electron chi connectivity index (χ0n) is 10.7. The van der Waals surface area contributed by atoms with E-state index >= 15 is 0 Å². The Morgan fingerprint density at radius 3 is 2.37 bits per heavy atom. The highest BCUT2D eigenvalue weighted by Crippen LogP contribution is 2.25. The first-order chi connectivity index (χ1) is 8.69. The molecule has 1 amide bonds. The Morgan fingerprint density at radius 2 is 1.84 bits per heavy atom. The summed E-state index contributed by atoms with van der Waals surface area (Å²) < 4.78 is 25.6. The monoisotopic (exact) mass is 271 g/mol. The van der Waals surface area contributed by atoms with Crippen molar-refractivity contribution >= 4 is 17.6 Å². The Bertz CT molecular complexity index is 501. The van der Waals surface area contributed by atoms with E-state index in [1.807, 2.05) is 0 Å². The number of aliphatic carboxylic acids is 1. The number of halogens is 2. The van der Waals surface area contributed by atoms with E-state index in [0.29, 0.717) is 0 Å². The first kappa shape index (κ1) is 15.1. The van der Waals surface area contributed by atoms with Gasteiger partial charge in [0.1, 0.15) is 0 Å². The van der Waals surface area contributed by atoms with Gasteiger partial charge in [0.2, 0.25) is 5.91 Å². The van der Waals surface area contributed by atoms with Crippen LogP contribution in [0, 0.1) is 17.0 Å². The molecule has 0 aliphatic carbocycles. The minimum Gasteiger partial charge on any atom is -0.481 e. The van der Waals surface area contributed by atoms with E-state index in [2.05, 4.69) is 5.32 Å². The molecular formula is C13H15F2NO3. The van der Waals surface area contributed by atoms with Gasteiger partial charge in [0.15, 0.2) is 11.6 Å². The second-order valence-corrected chi connectivity index (χ2v) is 5.09. The fourth-order valence-electron chi connectivity index (χ4n) is 1.69. The van der Waals surface area contributed by atoms with Crippen LogP contribution in [0.25, 0.3) is 0 Å². The molecule has 6 heteroatoms. The van der Waals surface area contributed by atoms with Gasteiger partial charge in [0.05, 0.1) is 6.42 Å². The Balaban J connectivity index is 2.64. The maximum atomic E-state index is 12.9. The number of carbonyl (C=O) groups is 2. The van der Waals surface area contributed by atoms with Gasteiger partial charge in [-0.15, -0.1) is 0 Å². The largest absolute Gasteiger partial charge is 0.481 e. The van der Waals surface area contributed by atoms with Crippen LogP contribution in [0.3, 0.4) is 0 Å². The lowest BCUT2D eigenvalue weighted by molar-refractivity contribution is -0.139. The molecule has 19 heavy (non-hydrogen) atoms. The molecule has 1 rings (SSSR count). The number of nitrogens with one attached hydrogen (secondary N) is 1. The summed E-state index contributed by atoms with van der Waals surface area (Å²) in [5.41, 5.74) is -0.580. The van der Waals surface area contributed by atoms with Gasteiger partial charge in [-0.05, 0) is 17.5 Å². The summed E-state index contributed by atoms with van der Waals surface area (Å²) in [6, 6.07) is 3.02. The molecule has 0 unspecified atom stereocenters. The molecule has 0 aliphatic rings. The molecule has 0 saturated carbocycles. The molecule has 0 heterocycles. The third kappa shape index (κ3) is 5.03. The number of amides is 1. The number of anilines is 1. The third-order valence-electron chi connectivity index (χ3n) is 2.47. The fourth-order valence-corrected chi connectivity index (χ4v) is 1.69. The zero-order valence-corrected chi connectivity index (χ0v) is 10.7. The van der Waals surface area contributed by atoms with Crippen LogP contribution in [-0.4, -0.2) is 17.0 Å². The first-order valence-electron chi connectivity index (χ1n) is 5.66. The third-order valence-corrected chi connectivity index (χ3v) is 2.47. The minimum atomic E-state index is -1.05. The lowest BCUT2D eigenvalue weighted by Gasteiger charge is -2.21. The summed E-state index contributed by atoms with van der Waals surface area (Å²) in [4.78, 5) is 22.3. The summed E-state index contributed by atoms with van der Waals surface area (Å²) in [6.07, 6.45) is -0.184. The maximum absolute atomic E-state index is 12.9. The predicted molar refractivity (Wildman–Crippen MR) is 65.6 cm³/mol. The highest BCUT2D eigenvalue weighted by Gasteiger charge is 2.25. The molecule has 0 aliphatic heterocycles. The number of carboxylic acid groups (broad SMARTS) is 1. The van der Waals surface area contributed by atoms with Gasteiger partial charge in [-0.2, -0.15) is 0 Å². The lowest BCUT2D eigenvalue weighted by atomic mass is 9.85. The maximum Gasteiger partial charge on any atom is 0.303 e. The van der Waals surface area contributed by atoms with E-state index in [1.165, 1.54) is 6.07 Å². The van der Waals surface area contributed by atoms with Gasteiger partial charge in [-0.3, -0.25) is 9.59 Å². The van der Waals surface area contributed by atoms with Crippen LogP contribution < -0.4 is 5.32 Å². The van der Waals surface area contributed by atoms with Crippen LogP contribution >= 0.6 is 0 Å². The predicted octanol–water partition coefficient (Wildman–Crippen LogP) is 2.79. The Kier molecular flexibility index (Phi) is 4.58. The molecule has 0 radical (unpaired) electrons. The quantitative estimate of drug-likeness (QED) is 0.865. The zero-order chi connectivity index (χ0) is 14.6. The lowest BCUT2D eigenvalue weighted by Crippen LogP contribution is -2.24. The molecule has 0 bridgehead atoms. The summed E-state index contributed by atoms with van der Waals surface area (Å²) >= 11 is 0. The van der Waals surface area contributed by atoms with E-state index in [0.717, 1.165) is 12.1 Å². The number of hydrogen-bond donors (Lipinski definition) is 2. The van der Waals surface area contributed by atoms with Crippen molar-refractivity contribution in [1.29, 1.82) is 0 Å². The van der Waals surface area contributed by atoms with Crippen LogP contribution in [0.2, 0.25) is 0 Å². The van der Waals surface area contributed by atoms with Gasteiger partial charge in [0.25, 0.3) is 0 Å².